The maximum absolute atomic E-state index is 14.2. The van der Waals surface area contributed by atoms with E-state index in [1.54, 1.807) is 39.8 Å². The molecule has 4 heterocycles. The predicted molar refractivity (Wildman–Crippen MR) is 136 cm³/mol. The van der Waals surface area contributed by atoms with Crippen LogP contribution in [-0.4, -0.2) is 30.4 Å². The molecule has 38 heavy (non-hydrogen) atoms. The Balaban J connectivity index is 1.77. The third kappa shape index (κ3) is 5.10. The van der Waals surface area contributed by atoms with Crippen LogP contribution in [0.1, 0.15) is 39.4 Å². The van der Waals surface area contributed by atoms with Crippen molar-refractivity contribution in [1.29, 1.82) is 0 Å². The highest BCUT2D eigenvalue weighted by Gasteiger charge is 2.31. The average Bonchev–Trinajstić information content (AvgIpc) is 2.87. The fourth-order valence-electron chi connectivity index (χ4n) is 3.45. The SMILES string of the molecule is [2H]C([2H])(Oc1cc(C)n(-c2cc(-c3ccnc(C(C)(C)C(N)=O)n3)ncc2C)c(=O)c1Cl)c1ncc(F)cc1F. The average molecular weight is 543 g/mol. The Morgan fingerprint density at radius 2 is 1.89 bits per heavy atom. The Hall–Kier alpha value is -4.25. The second-order valence-corrected chi connectivity index (χ2v) is 9.28. The fourth-order valence-corrected chi connectivity index (χ4v) is 3.63. The first kappa shape index (κ1) is 24.1. The highest BCUT2D eigenvalue weighted by Crippen LogP contribution is 2.28. The molecular formula is C26H23ClF2N6O3. The van der Waals surface area contributed by atoms with Crippen molar-refractivity contribution in [3.05, 3.63) is 92.6 Å². The standard InChI is InChI=1S/C26H23ClF2N6O3/c1-13-10-32-18(17-5-6-31-25(34-17)26(3,4)24(30)37)9-20(13)35-14(2)7-21(22(27)23(35)36)38-12-19-16(29)8-15(28)11-33-19/h5-11H,12H2,1-4H3,(H2,30,37)/i12D2. The van der Waals surface area contributed by atoms with Gasteiger partial charge in [-0.25, -0.2) is 18.7 Å². The lowest BCUT2D eigenvalue weighted by molar-refractivity contribution is -0.122. The van der Waals surface area contributed by atoms with Gasteiger partial charge < -0.3 is 10.5 Å². The lowest BCUT2D eigenvalue weighted by atomic mass is 9.91. The number of hydrogen-bond donors (Lipinski definition) is 1. The number of ether oxygens (including phenoxy) is 1. The summed E-state index contributed by atoms with van der Waals surface area (Å²) in [6, 6.07) is 4.96. The zero-order chi connectivity index (χ0) is 29.6. The molecule has 0 fully saturated rings. The second-order valence-electron chi connectivity index (χ2n) is 8.90. The molecule has 12 heteroatoms. The minimum Gasteiger partial charge on any atom is -0.485 e. The number of carbonyl (C=O) groups excluding carboxylic acids is 1. The van der Waals surface area contributed by atoms with E-state index < -0.39 is 45.8 Å². The van der Waals surface area contributed by atoms with Crippen molar-refractivity contribution in [3.8, 4) is 22.8 Å². The summed E-state index contributed by atoms with van der Waals surface area (Å²) in [5.41, 5.74) is 4.82. The van der Waals surface area contributed by atoms with Crippen LogP contribution in [0, 0.1) is 25.5 Å². The summed E-state index contributed by atoms with van der Waals surface area (Å²) < 4.78 is 50.2. The van der Waals surface area contributed by atoms with E-state index in [-0.39, 0.29) is 11.6 Å². The highest BCUT2D eigenvalue weighted by atomic mass is 35.5. The van der Waals surface area contributed by atoms with E-state index >= 15 is 0 Å². The summed E-state index contributed by atoms with van der Waals surface area (Å²) in [5, 5.41) is -0.484. The van der Waals surface area contributed by atoms with Gasteiger partial charge in [0.05, 0.1) is 26.0 Å². The molecule has 0 aromatic carbocycles. The van der Waals surface area contributed by atoms with Crippen molar-refractivity contribution in [3.63, 3.8) is 0 Å². The molecule has 0 aliphatic rings. The third-order valence-corrected chi connectivity index (χ3v) is 6.12. The minimum absolute atomic E-state index is 0.195. The van der Waals surface area contributed by atoms with Crippen LogP contribution >= 0.6 is 11.6 Å². The van der Waals surface area contributed by atoms with Gasteiger partial charge >= 0.3 is 0 Å². The van der Waals surface area contributed by atoms with Crippen molar-refractivity contribution in [2.24, 2.45) is 5.73 Å². The first-order valence-electron chi connectivity index (χ1n) is 12.2. The molecule has 0 aliphatic heterocycles. The van der Waals surface area contributed by atoms with Gasteiger partial charge in [-0.3, -0.25) is 24.1 Å². The summed E-state index contributed by atoms with van der Waals surface area (Å²) in [6.07, 6.45) is 3.64. The fraction of sp³-hybridized carbons (Fsp3) is 0.231. The monoisotopic (exact) mass is 542 g/mol. The van der Waals surface area contributed by atoms with Crippen LogP contribution in [0.4, 0.5) is 8.78 Å². The van der Waals surface area contributed by atoms with Crippen LogP contribution in [0.25, 0.3) is 17.1 Å². The van der Waals surface area contributed by atoms with Gasteiger partial charge in [0.15, 0.2) is 5.82 Å². The topological polar surface area (TPSA) is 126 Å². The second kappa shape index (κ2) is 10.3. The van der Waals surface area contributed by atoms with Crippen molar-refractivity contribution in [1.82, 2.24) is 24.5 Å². The number of nitrogens with zero attached hydrogens (tertiary/aromatic N) is 5. The molecule has 2 N–H and O–H groups in total. The number of aromatic nitrogens is 5. The van der Waals surface area contributed by atoms with Crippen molar-refractivity contribution in [2.45, 2.75) is 39.7 Å². The van der Waals surface area contributed by atoms with E-state index in [9.17, 15) is 18.4 Å². The number of pyridine rings is 3. The first-order valence-corrected chi connectivity index (χ1v) is 11.5. The van der Waals surface area contributed by atoms with E-state index in [1.165, 1.54) is 23.0 Å². The van der Waals surface area contributed by atoms with E-state index in [0.717, 1.165) is 0 Å². The van der Waals surface area contributed by atoms with Crippen molar-refractivity contribution < 1.29 is 21.1 Å². The molecule has 0 unspecified atom stereocenters. The summed E-state index contributed by atoms with van der Waals surface area (Å²) in [6.45, 7) is 3.60. The number of carbonyl (C=O) groups is 1. The van der Waals surface area contributed by atoms with Gasteiger partial charge in [-0.05, 0) is 45.4 Å². The minimum atomic E-state index is -2.88. The molecule has 9 nitrogen and oxygen atoms in total. The largest absolute Gasteiger partial charge is 0.485 e. The first-order chi connectivity index (χ1) is 18.6. The van der Waals surface area contributed by atoms with Crippen LogP contribution in [-0.2, 0) is 16.8 Å². The molecule has 0 bridgehead atoms. The molecule has 0 saturated heterocycles. The number of primary amides is 1. The van der Waals surface area contributed by atoms with Crippen molar-refractivity contribution >= 4 is 17.5 Å². The van der Waals surface area contributed by atoms with Crippen molar-refractivity contribution in [2.75, 3.05) is 0 Å². The number of rotatable bonds is 7. The lowest BCUT2D eigenvalue weighted by Gasteiger charge is -2.19. The molecule has 196 valence electrons. The Kier molecular flexibility index (Phi) is 6.50. The van der Waals surface area contributed by atoms with E-state index in [2.05, 4.69) is 19.9 Å². The summed E-state index contributed by atoms with van der Waals surface area (Å²) in [7, 11) is 0. The van der Waals surface area contributed by atoms with Gasteiger partial charge in [0, 0.05) is 30.2 Å². The van der Waals surface area contributed by atoms with Crippen LogP contribution in [0.3, 0.4) is 0 Å². The number of hydrogen-bond acceptors (Lipinski definition) is 7. The molecule has 4 aromatic heterocycles. The molecule has 1 amide bonds. The Morgan fingerprint density at radius 3 is 2.58 bits per heavy atom. The normalized spacial score (nSPS) is 12.6. The third-order valence-electron chi connectivity index (χ3n) is 5.77. The van der Waals surface area contributed by atoms with E-state index in [0.29, 0.717) is 40.6 Å². The Bertz CT molecular complexity index is 1710. The van der Waals surface area contributed by atoms with Gasteiger partial charge in [0.2, 0.25) is 5.91 Å². The maximum atomic E-state index is 14.2. The lowest BCUT2D eigenvalue weighted by Crippen LogP contribution is -2.37. The van der Waals surface area contributed by atoms with E-state index in [1.807, 2.05) is 0 Å². The highest BCUT2D eigenvalue weighted by molar-refractivity contribution is 6.31. The zero-order valence-corrected chi connectivity index (χ0v) is 21.5. The smallest absolute Gasteiger partial charge is 0.277 e. The Labute approximate surface area is 224 Å². The molecular weight excluding hydrogens is 518 g/mol. The summed E-state index contributed by atoms with van der Waals surface area (Å²) in [5.74, 6) is -3.03. The zero-order valence-electron chi connectivity index (χ0n) is 22.7. The molecule has 4 aromatic rings. The van der Waals surface area contributed by atoms with Gasteiger partial charge in [0.1, 0.15) is 40.1 Å². The van der Waals surface area contributed by atoms with Gasteiger partial charge in [-0.15, -0.1) is 0 Å². The Morgan fingerprint density at radius 1 is 1.16 bits per heavy atom. The van der Waals surface area contributed by atoms with Gasteiger partial charge in [-0.1, -0.05) is 11.6 Å². The van der Waals surface area contributed by atoms with Crippen LogP contribution in [0.15, 0.2) is 47.7 Å². The number of nitrogens with two attached hydrogens (primary N) is 1. The molecule has 0 spiro atoms. The summed E-state index contributed by atoms with van der Waals surface area (Å²) in [4.78, 5) is 41.7. The predicted octanol–water partition coefficient (Wildman–Crippen LogP) is 3.97. The number of aryl methyl sites for hydroxylation is 2. The molecule has 0 aliphatic carbocycles. The quantitative estimate of drug-likeness (QED) is 0.374. The van der Waals surface area contributed by atoms with Crippen LogP contribution in [0.2, 0.25) is 5.02 Å². The maximum Gasteiger partial charge on any atom is 0.277 e. The number of amides is 1. The molecule has 0 saturated carbocycles. The van der Waals surface area contributed by atoms with Crippen LogP contribution < -0.4 is 16.0 Å². The number of halogens is 3. The van der Waals surface area contributed by atoms with E-state index in [4.69, 9.17) is 24.8 Å². The molecule has 0 atom stereocenters. The summed E-state index contributed by atoms with van der Waals surface area (Å²) >= 11 is 6.31. The van der Waals surface area contributed by atoms with Crippen LogP contribution in [0.5, 0.6) is 5.75 Å². The van der Waals surface area contributed by atoms with Gasteiger partial charge in [0.25, 0.3) is 5.56 Å². The molecule has 0 radical (unpaired) electrons. The molecule has 4 rings (SSSR count). The van der Waals surface area contributed by atoms with Gasteiger partial charge in [-0.2, -0.15) is 0 Å².